The second-order valence-electron chi connectivity index (χ2n) is 6.72. The zero-order valence-electron chi connectivity index (χ0n) is 14.9. The van der Waals surface area contributed by atoms with Gasteiger partial charge in [0.2, 0.25) is 0 Å². The normalized spacial score (nSPS) is 14.6. The molecule has 3 aromatic rings. The first-order valence-corrected chi connectivity index (χ1v) is 9.43. The van der Waals surface area contributed by atoms with Crippen molar-refractivity contribution in [1.29, 1.82) is 0 Å². The summed E-state index contributed by atoms with van der Waals surface area (Å²) in [7, 11) is 0. The van der Waals surface area contributed by atoms with Crippen LogP contribution in [-0.2, 0) is 13.1 Å². The SMILES string of the molecule is O=C(Nc1cnn(Cc2ccccc2Cl)c1)c1ccc(CN2CCCC2)o1. The number of hydrogen-bond acceptors (Lipinski definition) is 4. The molecule has 6 nitrogen and oxygen atoms in total. The van der Waals surface area contributed by atoms with Crippen molar-refractivity contribution in [2.24, 2.45) is 0 Å². The summed E-state index contributed by atoms with van der Waals surface area (Å²) in [4.78, 5) is 14.7. The van der Waals surface area contributed by atoms with E-state index in [2.05, 4.69) is 15.3 Å². The number of carbonyl (C=O) groups excluding carboxylic acids is 1. The quantitative estimate of drug-likeness (QED) is 0.697. The summed E-state index contributed by atoms with van der Waals surface area (Å²) in [6, 6.07) is 11.2. The molecule has 1 fully saturated rings. The number of furan rings is 1. The number of anilines is 1. The lowest BCUT2D eigenvalue weighted by Crippen LogP contribution is -2.17. The zero-order valence-corrected chi connectivity index (χ0v) is 15.7. The van der Waals surface area contributed by atoms with Crippen molar-refractivity contribution in [2.45, 2.75) is 25.9 Å². The molecule has 0 bridgehead atoms. The van der Waals surface area contributed by atoms with Crippen LogP contribution in [-0.4, -0.2) is 33.7 Å². The number of hydrogen-bond donors (Lipinski definition) is 1. The van der Waals surface area contributed by atoms with Crippen molar-refractivity contribution in [3.8, 4) is 0 Å². The Morgan fingerprint density at radius 1 is 1.15 bits per heavy atom. The molecule has 4 rings (SSSR count). The number of nitrogens with one attached hydrogen (secondary N) is 1. The molecule has 1 saturated heterocycles. The Balaban J connectivity index is 1.36. The van der Waals surface area contributed by atoms with E-state index in [0.717, 1.165) is 31.0 Å². The lowest BCUT2D eigenvalue weighted by atomic mass is 10.2. The van der Waals surface area contributed by atoms with E-state index < -0.39 is 0 Å². The summed E-state index contributed by atoms with van der Waals surface area (Å²) in [5.41, 5.74) is 1.59. The van der Waals surface area contributed by atoms with Gasteiger partial charge in [0.1, 0.15) is 5.76 Å². The van der Waals surface area contributed by atoms with E-state index in [0.29, 0.717) is 23.0 Å². The van der Waals surface area contributed by atoms with Crippen LogP contribution >= 0.6 is 11.6 Å². The monoisotopic (exact) mass is 384 g/mol. The van der Waals surface area contributed by atoms with Gasteiger partial charge in [-0.2, -0.15) is 5.10 Å². The van der Waals surface area contributed by atoms with Crippen molar-refractivity contribution < 1.29 is 9.21 Å². The highest BCUT2D eigenvalue weighted by Crippen LogP contribution is 2.18. The molecule has 0 saturated carbocycles. The topological polar surface area (TPSA) is 63.3 Å². The number of carbonyl (C=O) groups is 1. The van der Waals surface area contributed by atoms with Crippen LogP contribution in [0.4, 0.5) is 5.69 Å². The molecule has 140 valence electrons. The summed E-state index contributed by atoms with van der Waals surface area (Å²) in [5, 5.41) is 7.80. The number of amides is 1. The number of aromatic nitrogens is 2. The zero-order chi connectivity index (χ0) is 18.6. The maximum absolute atomic E-state index is 12.4. The smallest absolute Gasteiger partial charge is 0.291 e. The van der Waals surface area contributed by atoms with E-state index >= 15 is 0 Å². The van der Waals surface area contributed by atoms with Gasteiger partial charge in [0.15, 0.2) is 5.76 Å². The third-order valence-corrected chi connectivity index (χ3v) is 5.01. The molecule has 0 aliphatic carbocycles. The maximum Gasteiger partial charge on any atom is 0.291 e. The number of halogens is 1. The van der Waals surface area contributed by atoms with Gasteiger partial charge in [-0.1, -0.05) is 29.8 Å². The van der Waals surface area contributed by atoms with Crippen LogP contribution in [0.25, 0.3) is 0 Å². The largest absolute Gasteiger partial charge is 0.455 e. The summed E-state index contributed by atoms with van der Waals surface area (Å²) in [6.07, 6.45) is 5.84. The molecule has 0 spiro atoms. The van der Waals surface area contributed by atoms with Crippen molar-refractivity contribution in [2.75, 3.05) is 18.4 Å². The lowest BCUT2D eigenvalue weighted by Gasteiger charge is -2.11. The van der Waals surface area contributed by atoms with Gasteiger partial charge in [0.25, 0.3) is 5.91 Å². The summed E-state index contributed by atoms with van der Waals surface area (Å²) < 4.78 is 7.43. The minimum atomic E-state index is -0.278. The third kappa shape index (κ3) is 4.40. The van der Waals surface area contributed by atoms with E-state index in [1.54, 1.807) is 23.1 Å². The van der Waals surface area contributed by atoms with Crippen LogP contribution in [0.5, 0.6) is 0 Å². The standard InChI is InChI=1S/C20H21ClN4O2/c21-18-6-2-1-5-15(18)12-25-13-16(11-22-25)23-20(26)19-8-7-17(27-19)14-24-9-3-4-10-24/h1-2,5-8,11,13H,3-4,9-10,12,14H2,(H,23,26). The lowest BCUT2D eigenvalue weighted by molar-refractivity contribution is 0.0993. The summed E-state index contributed by atoms with van der Waals surface area (Å²) in [5.74, 6) is 0.847. The third-order valence-electron chi connectivity index (χ3n) is 4.64. The highest BCUT2D eigenvalue weighted by molar-refractivity contribution is 6.31. The molecule has 1 aliphatic heterocycles. The van der Waals surface area contributed by atoms with Gasteiger partial charge >= 0.3 is 0 Å². The Kier molecular flexibility index (Phi) is 5.27. The highest BCUT2D eigenvalue weighted by atomic mass is 35.5. The number of likely N-dealkylation sites (tertiary alicyclic amines) is 1. The number of benzene rings is 1. The number of rotatable bonds is 6. The predicted octanol–water partition coefficient (Wildman–Crippen LogP) is 4.03. The molecule has 7 heteroatoms. The predicted molar refractivity (Wildman–Crippen MR) is 104 cm³/mol. The second-order valence-corrected chi connectivity index (χ2v) is 7.13. The van der Waals surface area contributed by atoms with Crippen LogP contribution in [0.3, 0.4) is 0 Å². The first-order chi connectivity index (χ1) is 13.2. The summed E-state index contributed by atoms with van der Waals surface area (Å²) in [6.45, 7) is 3.47. The van der Waals surface area contributed by atoms with E-state index in [9.17, 15) is 4.79 Å². The Hall–Kier alpha value is -2.57. The molecule has 0 unspecified atom stereocenters. The van der Waals surface area contributed by atoms with Crippen molar-refractivity contribution >= 4 is 23.2 Å². The van der Waals surface area contributed by atoms with Gasteiger partial charge in [-0.3, -0.25) is 14.4 Å². The number of nitrogens with zero attached hydrogens (tertiary/aromatic N) is 3. The van der Waals surface area contributed by atoms with E-state index in [1.807, 2.05) is 30.3 Å². The Bertz CT molecular complexity index is 927. The average Bonchev–Trinajstić information content (AvgIpc) is 3.40. The van der Waals surface area contributed by atoms with E-state index in [4.69, 9.17) is 16.0 Å². The molecule has 3 heterocycles. The van der Waals surface area contributed by atoms with Crippen molar-refractivity contribution in [1.82, 2.24) is 14.7 Å². The van der Waals surface area contributed by atoms with Crippen molar-refractivity contribution in [3.05, 3.63) is 70.9 Å². The highest BCUT2D eigenvalue weighted by Gasteiger charge is 2.16. The van der Waals surface area contributed by atoms with Gasteiger partial charge in [-0.05, 0) is 49.7 Å². The van der Waals surface area contributed by atoms with E-state index in [-0.39, 0.29) is 5.91 Å². The molecule has 0 atom stereocenters. The fourth-order valence-corrected chi connectivity index (χ4v) is 3.45. The van der Waals surface area contributed by atoms with Crippen LogP contribution in [0.2, 0.25) is 5.02 Å². The molecule has 27 heavy (non-hydrogen) atoms. The van der Waals surface area contributed by atoms with Crippen LogP contribution in [0.1, 0.15) is 34.7 Å². The fourth-order valence-electron chi connectivity index (χ4n) is 3.25. The molecule has 2 aromatic heterocycles. The molecule has 1 aliphatic rings. The summed E-state index contributed by atoms with van der Waals surface area (Å²) >= 11 is 6.18. The van der Waals surface area contributed by atoms with Crippen LogP contribution < -0.4 is 5.32 Å². The van der Waals surface area contributed by atoms with Gasteiger partial charge < -0.3 is 9.73 Å². The first-order valence-electron chi connectivity index (χ1n) is 9.06. The average molecular weight is 385 g/mol. The van der Waals surface area contributed by atoms with Gasteiger partial charge in [-0.15, -0.1) is 0 Å². The Labute approximate surface area is 162 Å². The van der Waals surface area contributed by atoms with E-state index in [1.165, 1.54) is 12.8 Å². The molecule has 1 amide bonds. The van der Waals surface area contributed by atoms with Crippen molar-refractivity contribution in [3.63, 3.8) is 0 Å². The van der Waals surface area contributed by atoms with Gasteiger partial charge in [0, 0.05) is 11.2 Å². The minimum Gasteiger partial charge on any atom is -0.455 e. The Morgan fingerprint density at radius 3 is 2.78 bits per heavy atom. The Morgan fingerprint density at radius 2 is 1.96 bits per heavy atom. The van der Waals surface area contributed by atoms with Crippen LogP contribution in [0, 0.1) is 0 Å². The van der Waals surface area contributed by atoms with Crippen LogP contribution in [0.15, 0.2) is 53.2 Å². The molecule has 1 aromatic carbocycles. The molecular formula is C20H21ClN4O2. The van der Waals surface area contributed by atoms with Gasteiger partial charge in [0.05, 0.1) is 25.0 Å². The maximum atomic E-state index is 12.4. The fraction of sp³-hybridized carbons (Fsp3) is 0.300. The first kappa shape index (κ1) is 17.8. The molecule has 1 N–H and O–H groups in total. The molecular weight excluding hydrogens is 364 g/mol. The second kappa shape index (κ2) is 7.98. The molecule has 0 radical (unpaired) electrons. The van der Waals surface area contributed by atoms with Gasteiger partial charge in [-0.25, -0.2) is 0 Å². The minimum absolute atomic E-state index is 0.278.